The van der Waals surface area contributed by atoms with Crippen LogP contribution in [0, 0.1) is 0 Å². The molecule has 0 aliphatic carbocycles. The summed E-state index contributed by atoms with van der Waals surface area (Å²) in [5.41, 5.74) is 2.66. The van der Waals surface area contributed by atoms with Crippen LogP contribution in [0.4, 0.5) is 24.5 Å². The summed E-state index contributed by atoms with van der Waals surface area (Å²) < 4.78 is 66.3. The number of rotatable bonds is 13. The first kappa shape index (κ1) is 30.4. The molecule has 0 aliphatic heterocycles. The number of hydrogen-bond donors (Lipinski definition) is 2. The molecule has 4 aromatic carbocycles. The standard InChI is InChI=1S/C32H33F3N2O5/c1-38-28-14-11-24(17-31(28)41-4)37-23-9-12-25(13-10-23)42-26-18-29(39-2)27(30(19-26)40-3)20-36-16-15-21-5-7-22(8-6-21)32(33,34)35/h5-14,17-19,36-37H,15-16,20H2,1-4H3. The van der Waals surface area contributed by atoms with E-state index in [1.54, 1.807) is 40.6 Å². The average molecular weight is 583 g/mol. The zero-order valence-electron chi connectivity index (χ0n) is 23.8. The molecule has 7 nitrogen and oxygen atoms in total. The molecule has 0 spiro atoms. The van der Waals surface area contributed by atoms with Crippen molar-refractivity contribution in [3.63, 3.8) is 0 Å². The minimum Gasteiger partial charge on any atom is -0.496 e. The number of alkyl halides is 3. The van der Waals surface area contributed by atoms with Crippen molar-refractivity contribution in [3.8, 4) is 34.5 Å². The van der Waals surface area contributed by atoms with Crippen molar-refractivity contribution < 1.29 is 36.9 Å². The van der Waals surface area contributed by atoms with Crippen molar-refractivity contribution in [1.29, 1.82) is 0 Å². The zero-order chi connectivity index (χ0) is 30.1. The molecule has 0 heterocycles. The second-order valence-electron chi connectivity index (χ2n) is 9.25. The first-order valence-electron chi connectivity index (χ1n) is 13.1. The summed E-state index contributed by atoms with van der Waals surface area (Å²) >= 11 is 0. The van der Waals surface area contributed by atoms with Gasteiger partial charge in [-0.05, 0) is 67.1 Å². The van der Waals surface area contributed by atoms with Gasteiger partial charge in [0, 0.05) is 36.1 Å². The Hall–Kier alpha value is -4.57. The average Bonchev–Trinajstić information content (AvgIpc) is 3.00. The summed E-state index contributed by atoms with van der Waals surface area (Å²) in [6.45, 7) is 0.989. The van der Waals surface area contributed by atoms with Gasteiger partial charge in [0.1, 0.15) is 23.0 Å². The second-order valence-corrected chi connectivity index (χ2v) is 9.25. The number of hydrogen-bond acceptors (Lipinski definition) is 7. The van der Waals surface area contributed by atoms with Gasteiger partial charge in [0.05, 0.1) is 39.6 Å². The van der Waals surface area contributed by atoms with E-state index in [1.807, 2.05) is 42.5 Å². The third-order valence-corrected chi connectivity index (χ3v) is 6.52. The highest BCUT2D eigenvalue weighted by molar-refractivity contribution is 5.64. The van der Waals surface area contributed by atoms with Crippen molar-refractivity contribution in [2.24, 2.45) is 0 Å². The normalized spacial score (nSPS) is 11.1. The number of ether oxygens (including phenoxy) is 5. The Morgan fingerprint density at radius 3 is 1.79 bits per heavy atom. The Labute approximate surface area is 243 Å². The molecule has 2 N–H and O–H groups in total. The molecular formula is C32H33F3N2O5. The second kappa shape index (κ2) is 13.9. The van der Waals surface area contributed by atoms with E-state index in [0.29, 0.717) is 54.0 Å². The van der Waals surface area contributed by atoms with Crippen molar-refractivity contribution >= 4 is 11.4 Å². The van der Waals surface area contributed by atoms with Gasteiger partial charge in [-0.2, -0.15) is 13.2 Å². The van der Waals surface area contributed by atoms with Crippen LogP contribution in [0.1, 0.15) is 16.7 Å². The van der Waals surface area contributed by atoms with Crippen molar-refractivity contribution in [2.45, 2.75) is 19.1 Å². The van der Waals surface area contributed by atoms with E-state index in [1.165, 1.54) is 12.1 Å². The number of methoxy groups -OCH3 is 4. The SMILES string of the molecule is COc1ccc(Nc2ccc(Oc3cc(OC)c(CNCCc4ccc(C(F)(F)F)cc4)c(OC)c3)cc2)cc1OC. The van der Waals surface area contributed by atoms with E-state index < -0.39 is 11.7 Å². The number of halogens is 3. The Morgan fingerprint density at radius 1 is 0.619 bits per heavy atom. The van der Waals surface area contributed by atoms with E-state index in [-0.39, 0.29) is 0 Å². The first-order valence-corrected chi connectivity index (χ1v) is 13.1. The van der Waals surface area contributed by atoms with Gasteiger partial charge in [0.2, 0.25) is 0 Å². The number of anilines is 2. The monoisotopic (exact) mass is 582 g/mol. The molecule has 4 rings (SSSR count). The molecule has 0 aromatic heterocycles. The Balaban J connectivity index is 1.37. The molecule has 0 unspecified atom stereocenters. The fraction of sp³-hybridized carbons (Fsp3) is 0.250. The van der Waals surface area contributed by atoms with Gasteiger partial charge in [-0.1, -0.05) is 12.1 Å². The zero-order valence-corrected chi connectivity index (χ0v) is 23.8. The molecule has 0 atom stereocenters. The van der Waals surface area contributed by atoms with Gasteiger partial charge >= 0.3 is 6.18 Å². The highest BCUT2D eigenvalue weighted by Crippen LogP contribution is 2.37. The fourth-order valence-electron chi connectivity index (χ4n) is 4.32. The Bertz CT molecular complexity index is 1430. The maximum atomic E-state index is 12.8. The van der Waals surface area contributed by atoms with E-state index in [9.17, 15) is 13.2 Å². The van der Waals surface area contributed by atoms with E-state index in [0.717, 1.165) is 34.6 Å². The van der Waals surface area contributed by atoms with Crippen molar-refractivity contribution in [2.75, 3.05) is 40.3 Å². The lowest BCUT2D eigenvalue weighted by Gasteiger charge is -2.17. The van der Waals surface area contributed by atoms with Gasteiger partial charge in [0.25, 0.3) is 0 Å². The van der Waals surface area contributed by atoms with Crippen LogP contribution >= 0.6 is 0 Å². The van der Waals surface area contributed by atoms with Crippen LogP contribution in [0.3, 0.4) is 0 Å². The summed E-state index contributed by atoms with van der Waals surface area (Å²) in [5.74, 6) is 3.61. The third-order valence-electron chi connectivity index (χ3n) is 6.52. The summed E-state index contributed by atoms with van der Waals surface area (Å²) in [5, 5.41) is 6.63. The fourth-order valence-corrected chi connectivity index (χ4v) is 4.32. The highest BCUT2D eigenvalue weighted by Gasteiger charge is 2.29. The molecular weight excluding hydrogens is 549 g/mol. The Morgan fingerprint density at radius 2 is 1.21 bits per heavy atom. The van der Waals surface area contributed by atoms with Gasteiger partial charge in [-0.3, -0.25) is 0 Å². The van der Waals surface area contributed by atoms with Crippen LogP contribution in [0.5, 0.6) is 34.5 Å². The van der Waals surface area contributed by atoms with Crippen LogP contribution in [-0.2, 0) is 19.1 Å². The number of nitrogens with one attached hydrogen (secondary N) is 2. The maximum absolute atomic E-state index is 12.8. The summed E-state index contributed by atoms with van der Waals surface area (Å²) in [7, 11) is 6.32. The van der Waals surface area contributed by atoms with E-state index in [4.69, 9.17) is 23.7 Å². The lowest BCUT2D eigenvalue weighted by atomic mass is 10.1. The third kappa shape index (κ3) is 7.79. The molecule has 42 heavy (non-hydrogen) atoms. The molecule has 0 radical (unpaired) electrons. The minimum atomic E-state index is -4.34. The van der Waals surface area contributed by atoms with Gasteiger partial charge in [0.15, 0.2) is 11.5 Å². The summed E-state index contributed by atoms with van der Waals surface area (Å²) in [6.07, 6.45) is -3.77. The highest BCUT2D eigenvalue weighted by atomic mass is 19.4. The molecule has 0 saturated heterocycles. The van der Waals surface area contributed by atoms with Gasteiger partial charge < -0.3 is 34.3 Å². The molecule has 0 bridgehead atoms. The molecule has 0 fully saturated rings. The van der Waals surface area contributed by atoms with E-state index in [2.05, 4.69) is 10.6 Å². The maximum Gasteiger partial charge on any atom is 0.416 e. The van der Waals surface area contributed by atoms with Crippen LogP contribution in [0.2, 0.25) is 0 Å². The van der Waals surface area contributed by atoms with Crippen LogP contribution in [0.15, 0.2) is 78.9 Å². The molecule has 0 saturated carbocycles. The Kier molecular flexibility index (Phi) is 10.0. The first-order chi connectivity index (χ1) is 20.2. The van der Waals surface area contributed by atoms with Gasteiger partial charge in [-0.25, -0.2) is 0 Å². The predicted octanol–water partition coefficient (Wildman–Crippen LogP) is 7.61. The van der Waals surface area contributed by atoms with Crippen LogP contribution in [0.25, 0.3) is 0 Å². The summed E-state index contributed by atoms with van der Waals surface area (Å²) in [4.78, 5) is 0. The predicted molar refractivity (Wildman–Crippen MR) is 156 cm³/mol. The largest absolute Gasteiger partial charge is 0.496 e. The van der Waals surface area contributed by atoms with Crippen molar-refractivity contribution in [1.82, 2.24) is 5.32 Å². The van der Waals surface area contributed by atoms with Crippen LogP contribution in [-0.4, -0.2) is 35.0 Å². The minimum absolute atomic E-state index is 0.434. The molecule has 0 amide bonds. The van der Waals surface area contributed by atoms with Crippen molar-refractivity contribution in [3.05, 3.63) is 95.6 Å². The molecule has 4 aromatic rings. The van der Waals surface area contributed by atoms with E-state index >= 15 is 0 Å². The van der Waals surface area contributed by atoms with Crippen LogP contribution < -0.4 is 34.3 Å². The topological polar surface area (TPSA) is 70.2 Å². The quantitative estimate of drug-likeness (QED) is 0.157. The lowest BCUT2D eigenvalue weighted by Crippen LogP contribution is -2.18. The smallest absolute Gasteiger partial charge is 0.416 e. The summed E-state index contributed by atoms with van der Waals surface area (Å²) in [6, 6.07) is 21.8. The molecule has 222 valence electrons. The lowest BCUT2D eigenvalue weighted by molar-refractivity contribution is -0.137. The van der Waals surface area contributed by atoms with Gasteiger partial charge in [-0.15, -0.1) is 0 Å². The number of benzene rings is 4. The molecule has 10 heteroatoms. The molecule has 0 aliphatic rings.